The molecule has 0 aromatic heterocycles. The topological polar surface area (TPSA) is 107 Å². The van der Waals surface area contributed by atoms with E-state index >= 15 is 0 Å². The van der Waals surface area contributed by atoms with E-state index in [0.29, 0.717) is 0 Å². The highest BCUT2D eigenvalue weighted by Gasteiger charge is 0.839. The normalized spacial score (nSPS) is 2.40. The summed E-state index contributed by atoms with van der Waals surface area (Å²) in [7, 11) is 1.00. The lowest BCUT2D eigenvalue weighted by atomic mass is 11.8. The van der Waals surface area contributed by atoms with Crippen molar-refractivity contribution in [3.8, 4) is 0 Å². The molecule has 4 nitrogen and oxygen atoms in total. The summed E-state index contributed by atoms with van der Waals surface area (Å²) in [6, 6.07) is 0. The van der Waals surface area contributed by atoms with Crippen molar-refractivity contribution >= 4 is 0 Å². The molecule has 5 heavy (non-hydrogen) atoms. The minimum atomic E-state index is 0. The Hall–Kier alpha value is -0.160. The average Bonchev–Trinajstić information content (AvgIpc) is 1.50. The molecule has 0 spiro atoms. The average molecular weight is 81.1 g/mol. The maximum Gasteiger partial charge on any atom is 0.0319 e. The molecule has 0 rings (SSSR count). The van der Waals surface area contributed by atoms with Crippen molar-refractivity contribution < 1.29 is 5.11 Å². The molecule has 0 amide bonds. The van der Waals surface area contributed by atoms with Gasteiger partial charge in [0.15, 0.2) is 0 Å². The van der Waals surface area contributed by atoms with Crippen molar-refractivity contribution in [3.63, 3.8) is 0 Å². The first-order valence-corrected chi connectivity index (χ1v) is 0.781. The summed E-state index contributed by atoms with van der Waals surface area (Å²) >= 11 is 0. The van der Waals surface area contributed by atoms with E-state index < -0.39 is 0 Å². The lowest BCUT2D eigenvalue weighted by Gasteiger charge is -1.27. The maximum absolute atomic E-state index is 7.00. The molecule has 36 valence electrons. The number of rotatable bonds is 0. The van der Waals surface area contributed by atoms with Crippen LogP contribution in [0.15, 0.2) is 0 Å². The van der Waals surface area contributed by atoms with E-state index in [4.69, 9.17) is 5.11 Å². The molecule has 0 saturated heterocycles. The third-order valence-electron chi connectivity index (χ3n) is 0. The molecular formula is CH11N3O. The van der Waals surface area contributed by atoms with Crippen molar-refractivity contribution in [3.05, 3.63) is 0 Å². The first-order chi connectivity index (χ1) is 2.00. The zero-order valence-electron chi connectivity index (χ0n) is 3.31. The van der Waals surface area contributed by atoms with E-state index in [9.17, 15) is 0 Å². The lowest BCUT2D eigenvalue weighted by molar-refractivity contribution is 0.399. The van der Waals surface area contributed by atoms with Crippen molar-refractivity contribution in [2.24, 2.45) is 11.7 Å². The Labute approximate surface area is 31.3 Å². The molecule has 0 aliphatic heterocycles. The molecule has 0 aliphatic rings. The summed E-state index contributed by atoms with van der Waals surface area (Å²) in [5.74, 6) is 8.00. The van der Waals surface area contributed by atoms with Gasteiger partial charge in [-0.1, -0.05) is 0 Å². The van der Waals surface area contributed by atoms with Crippen molar-refractivity contribution in [1.82, 2.24) is 6.15 Å². The number of hydrogen-bond acceptors (Lipinski definition) is 4. The lowest BCUT2D eigenvalue weighted by Crippen LogP contribution is -2.02. The van der Waals surface area contributed by atoms with Crippen molar-refractivity contribution in [2.45, 2.75) is 0 Å². The van der Waals surface area contributed by atoms with Gasteiger partial charge in [-0.3, -0.25) is 11.7 Å². The van der Waals surface area contributed by atoms with Crippen LogP contribution >= 0.6 is 0 Å². The van der Waals surface area contributed by atoms with Gasteiger partial charge in [0, 0.05) is 7.11 Å². The van der Waals surface area contributed by atoms with Crippen LogP contribution in [0.5, 0.6) is 0 Å². The van der Waals surface area contributed by atoms with E-state index in [2.05, 4.69) is 11.7 Å². The molecule has 4 heteroatoms. The van der Waals surface area contributed by atoms with Crippen molar-refractivity contribution in [1.29, 1.82) is 0 Å². The maximum atomic E-state index is 7.00. The number of hydrazine groups is 1. The zero-order valence-corrected chi connectivity index (χ0v) is 3.31. The van der Waals surface area contributed by atoms with E-state index in [-0.39, 0.29) is 6.15 Å². The molecule has 0 saturated carbocycles. The van der Waals surface area contributed by atoms with Crippen molar-refractivity contribution in [2.75, 3.05) is 7.11 Å². The minimum Gasteiger partial charge on any atom is -0.400 e. The van der Waals surface area contributed by atoms with Gasteiger partial charge in [0.2, 0.25) is 0 Å². The summed E-state index contributed by atoms with van der Waals surface area (Å²) in [5.41, 5.74) is 0. The monoisotopic (exact) mass is 81.1 g/mol. The highest BCUT2D eigenvalue weighted by atomic mass is 16.2. The number of nitrogens with two attached hydrogens (primary N) is 2. The van der Waals surface area contributed by atoms with Gasteiger partial charge in [0.1, 0.15) is 0 Å². The molecule has 0 unspecified atom stereocenters. The summed E-state index contributed by atoms with van der Waals surface area (Å²) in [4.78, 5) is 0. The van der Waals surface area contributed by atoms with Gasteiger partial charge >= 0.3 is 0 Å². The van der Waals surface area contributed by atoms with Crippen LogP contribution in [-0.4, -0.2) is 12.2 Å². The summed E-state index contributed by atoms with van der Waals surface area (Å²) in [6.07, 6.45) is 0. The number of aliphatic hydroxyl groups excluding tert-OH is 1. The third kappa shape index (κ3) is 508. The van der Waals surface area contributed by atoms with Crippen LogP contribution in [0.3, 0.4) is 0 Å². The predicted molar refractivity (Wildman–Crippen MR) is 21.5 cm³/mol. The Morgan fingerprint density at radius 2 is 1.20 bits per heavy atom. The van der Waals surface area contributed by atoms with Crippen LogP contribution < -0.4 is 17.8 Å². The second-order valence-electron chi connectivity index (χ2n) is 0. The van der Waals surface area contributed by atoms with E-state index in [0.717, 1.165) is 7.11 Å². The van der Waals surface area contributed by atoms with Gasteiger partial charge in [-0.15, -0.1) is 0 Å². The number of hydrogen-bond donors (Lipinski definition) is 4. The van der Waals surface area contributed by atoms with Crippen LogP contribution in [0.25, 0.3) is 0 Å². The zero-order chi connectivity index (χ0) is 4.00. The van der Waals surface area contributed by atoms with Gasteiger partial charge in [0.25, 0.3) is 0 Å². The SMILES string of the molecule is CO.N.NN. The van der Waals surface area contributed by atoms with Crippen LogP contribution in [0.2, 0.25) is 0 Å². The summed E-state index contributed by atoms with van der Waals surface area (Å²) < 4.78 is 0. The fourth-order valence-corrected chi connectivity index (χ4v) is 0. The first kappa shape index (κ1) is 21.1. The molecule has 0 fully saturated rings. The molecular weight excluding hydrogens is 70.0 g/mol. The smallest absolute Gasteiger partial charge is 0.0319 e. The predicted octanol–water partition coefficient (Wildman–Crippen LogP) is -1.41. The molecule has 8 N–H and O–H groups in total. The largest absolute Gasteiger partial charge is 0.400 e. The molecule has 0 aromatic carbocycles. The fraction of sp³-hybridized carbons (Fsp3) is 1.00. The highest BCUT2D eigenvalue weighted by Crippen LogP contribution is 0.755. The minimum absolute atomic E-state index is 0. The van der Waals surface area contributed by atoms with Crippen LogP contribution in [-0.2, 0) is 0 Å². The van der Waals surface area contributed by atoms with Gasteiger partial charge in [-0.2, -0.15) is 0 Å². The van der Waals surface area contributed by atoms with Gasteiger partial charge in [-0.25, -0.2) is 0 Å². The number of aliphatic hydroxyl groups is 1. The highest BCUT2D eigenvalue weighted by molar-refractivity contribution is 3.26. The molecule has 0 radical (unpaired) electrons. The Kier molecular flexibility index (Phi) is 5100. The van der Waals surface area contributed by atoms with E-state index in [1.165, 1.54) is 0 Å². The summed E-state index contributed by atoms with van der Waals surface area (Å²) in [5, 5.41) is 7.00. The molecule has 0 bridgehead atoms. The van der Waals surface area contributed by atoms with E-state index in [1.807, 2.05) is 0 Å². The quantitative estimate of drug-likeness (QED) is 0.212. The van der Waals surface area contributed by atoms with Gasteiger partial charge < -0.3 is 11.3 Å². The van der Waals surface area contributed by atoms with Gasteiger partial charge in [-0.05, 0) is 0 Å². The second kappa shape index (κ2) is 1210. The second-order valence-corrected chi connectivity index (χ2v) is 0. The summed E-state index contributed by atoms with van der Waals surface area (Å²) in [6.45, 7) is 0. The molecule has 0 aromatic rings. The first-order valence-electron chi connectivity index (χ1n) is 0.781. The molecule has 0 aliphatic carbocycles. The Bertz CT molecular complexity index is 6.85. The third-order valence-corrected chi connectivity index (χ3v) is 0. The molecule has 0 heterocycles. The molecule has 0 atom stereocenters. The Morgan fingerprint density at radius 3 is 1.20 bits per heavy atom. The van der Waals surface area contributed by atoms with E-state index in [1.54, 1.807) is 0 Å². The van der Waals surface area contributed by atoms with Crippen LogP contribution in [0.4, 0.5) is 0 Å². The van der Waals surface area contributed by atoms with Crippen LogP contribution in [0.1, 0.15) is 0 Å². The fourth-order valence-electron chi connectivity index (χ4n) is 0. The Balaban J connectivity index is -0.0000000133. The standard InChI is InChI=1S/CH4O.H4N2.H3N/c2*1-2;/h2H,1H3;1-2H2;1H3. The van der Waals surface area contributed by atoms with Crippen LogP contribution in [0, 0.1) is 0 Å². The Morgan fingerprint density at radius 1 is 1.20 bits per heavy atom. The van der Waals surface area contributed by atoms with Gasteiger partial charge in [0.05, 0.1) is 0 Å².